The van der Waals surface area contributed by atoms with E-state index in [4.69, 9.17) is 0 Å². The van der Waals surface area contributed by atoms with E-state index in [1.807, 2.05) is 19.1 Å². The molecule has 0 spiro atoms. The number of amides is 1. The number of aromatic nitrogens is 1. The standard InChI is InChI=1S/C14H13BrN2O2/c1-8-5-10(15)7-11(6-8)17-14(19)12-4-3-9(2)16-13(12)18/h3-7H,1-2H3,(H,16,18)(H,17,19). The number of aromatic amines is 1. The second-order valence-electron chi connectivity index (χ2n) is 4.36. The minimum atomic E-state index is -0.418. The Bertz CT molecular complexity index is 672. The Balaban J connectivity index is 2.28. The number of anilines is 1. The van der Waals surface area contributed by atoms with Gasteiger partial charge in [0.15, 0.2) is 0 Å². The minimum absolute atomic E-state index is 0.100. The van der Waals surface area contributed by atoms with E-state index < -0.39 is 5.91 Å². The lowest BCUT2D eigenvalue weighted by Gasteiger charge is -2.06. The molecule has 0 unspecified atom stereocenters. The van der Waals surface area contributed by atoms with Crippen LogP contribution in [-0.2, 0) is 0 Å². The predicted molar refractivity (Wildman–Crippen MR) is 78.6 cm³/mol. The van der Waals surface area contributed by atoms with Gasteiger partial charge in [0.05, 0.1) is 0 Å². The lowest BCUT2D eigenvalue weighted by atomic mass is 10.2. The van der Waals surface area contributed by atoms with Gasteiger partial charge in [-0.1, -0.05) is 15.9 Å². The Hall–Kier alpha value is -1.88. The fraction of sp³-hybridized carbons (Fsp3) is 0.143. The fourth-order valence-electron chi connectivity index (χ4n) is 1.76. The van der Waals surface area contributed by atoms with Gasteiger partial charge in [-0.3, -0.25) is 9.59 Å². The van der Waals surface area contributed by atoms with Crippen LogP contribution in [0.15, 0.2) is 39.6 Å². The summed E-state index contributed by atoms with van der Waals surface area (Å²) >= 11 is 3.36. The maximum absolute atomic E-state index is 12.0. The highest BCUT2D eigenvalue weighted by Gasteiger charge is 2.10. The van der Waals surface area contributed by atoms with E-state index >= 15 is 0 Å². The smallest absolute Gasteiger partial charge is 0.261 e. The van der Waals surface area contributed by atoms with E-state index in [9.17, 15) is 9.59 Å². The molecule has 5 heteroatoms. The van der Waals surface area contributed by atoms with Gasteiger partial charge >= 0.3 is 0 Å². The SMILES string of the molecule is Cc1cc(Br)cc(NC(=O)c2ccc(C)[nH]c2=O)c1. The van der Waals surface area contributed by atoms with Gasteiger partial charge in [-0.15, -0.1) is 0 Å². The number of aryl methyl sites for hydroxylation is 2. The molecule has 0 atom stereocenters. The van der Waals surface area contributed by atoms with Crippen LogP contribution in [0, 0.1) is 13.8 Å². The first-order valence-electron chi connectivity index (χ1n) is 5.74. The van der Waals surface area contributed by atoms with Crippen molar-refractivity contribution in [2.75, 3.05) is 5.32 Å². The van der Waals surface area contributed by atoms with Crippen LogP contribution in [0.1, 0.15) is 21.6 Å². The third-order valence-corrected chi connectivity index (χ3v) is 3.06. The van der Waals surface area contributed by atoms with E-state index in [0.29, 0.717) is 5.69 Å². The van der Waals surface area contributed by atoms with Crippen molar-refractivity contribution in [2.24, 2.45) is 0 Å². The number of hydrogen-bond donors (Lipinski definition) is 2. The van der Waals surface area contributed by atoms with Crippen molar-refractivity contribution >= 4 is 27.5 Å². The molecule has 0 aliphatic rings. The molecule has 1 aromatic carbocycles. The molecule has 2 N–H and O–H groups in total. The van der Waals surface area contributed by atoms with Crippen LogP contribution >= 0.6 is 15.9 Å². The highest BCUT2D eigenvalue weighted by molar-refractivity contribution is 9.10. The van der Waals surface area contributed by atoms with Crippen molar-refractivity contribution < 1.29 is 4.79 Å². The molecule has 1 amide bonds. The summed E-state index contributed by atoms with van der Waals surface area (Å²) in [4.78, 5) is 26.3. The predicted octanol–water partition coefficient (Wildman–Crippen LogP) is 3.01. The second kappa shape index (κ2) is 5.40. The molecular formula is C14H13BrN2O2. The van der Waals surface area contributed by atoms with Crippen molar-refractivity contribution in [2.45, 2.75) is 13.8 Å². The molecular weight excluding hydrogens is 308 g/mol. The van der Waals surface area contributed by atoms with Gasteiger partial charge in [0.25, 0.3) is 11.5 Å². The van der Waals surface area contributed by atoms with Crippen LogP contribution in [0.5, 0.6) is 0 Å². The number of H-pyrrole nitrogens is 1. The molecule has 0 bridgehead atoms. The number of nitrogens with one attached hydrogen (secondary N) is 2. The second-order valence-corrected chi connectivity index (χ2v) is 5.27. The molecule has 0 aliphatic carbocycles. The molecule has 0 saturated carbocycles. The molecule has 0 radical (unpaired) electrons. The van der Waals surface area contributed by atoms with Gasteiger partial charge in [0.1, 0.15) is 5.56 Å². The van der Waals surface area contributed by atoms with Gasteiger partial charge in [0.2, 0.25) is 0 Å². The first kappa shape index (κ1) is 13.5. The third-order valence-electron chi connectivity index (χ3n) is 2.60. The van der Waals surface area contributed by atoms with Crippen molar-refractivity contribution in [3.63, 3.8) is 0 Å². The van der Waals surface area contributed by atoms with E-state index in [1.54, 1.807) is 19.1 Å². The van der Waals surface area contributed by atoms with Crippen LogP contribution in [0.3, 0.4) is 0 Å². The molecule has 1 aromatic heterocycles. The van der Waals surface area contributed by atoms with E-state index in [-0.39, 0.29) is 11.1 Å². The average Bonchev–Trinajstić information content (AvgIpc) is 2.26. The van der Waals surface area contributed by atoms with Crippen molar-refractivity contribution in [1.82, 2.24) is 4.98 Å². The summed E-state index contributed by atoms with van der Waals surface area (Å²) in [7, 11) is 0. The zero-order valence-corrected chi connectivity index (χ0v) is 12.2. The Morgan fingerprint density at radius 2 is 1.95 bits per heavy atom. The molecule has 98 valence electrons. The lowest BCUT2D eigenvalue weighted by Crippen LogP contribution is -2.23. The number of halogens is 1. The van der Waals surface area contributed by atoms with E-state index in [0.717, 1.165) is 15.7 Å². The molecule has 2 aromatic rings. The Morgan fingerprint density at radius 3 is 2.58 bits per heavy atom. The van der Waals surface area contributed by atoms with Gasteiger partial charge in [-0.05, 0) is 49.7 Å². The Morgan fingerprint density at radius 1 is 1.21 bits per heavy atom. The van der Waals surface area contributed by atoms with Crippen LogP contribution in [0.4, 0.5) is 5.69 Å². The summed E-state index contributed by atoms with van der Waals surface area (Å²) in [5.74, 6) is -0.418. The van der Waals surface area contributed by atoms with Crippen molar-refractivity contribution in [3.8, 4) is 0 Å². The van der Waals surface area contributed by atoms with Gasteiger partial charge < -0.3 is 10.3 Å². The maximum atomic E-state index is 12.0. The number of benzene rings is 1. The molecule has 0 fully saturated rings. The first-order valence-corrected chi connectivity index (χ1v) is 6.53. The zero-order chi connectivity index (χ0) is 14.0. The molecule has 0 aliphatic heterocycles. The molecule has 2 rings (SSSR count). The summed E-state index contributed by atoms with van der Waals surface area (Å²) in [6.07, 6.45) is 0. The monoisotopic (exact) mass is 320 g/mol. The normalized spacial score (nSPS) is 10.3. The number of pyridine rings is 1. The molecule has 0 saturated heterocycles. The van der Waals surface area contributed by atoms with Gasteiger partial charge in [-0.25, -0.2) is 0 Å². The third kappa shape index (κ3) is 3.32. The molecule has 19 heavy (non-hydrogen) atoms. The molecule has 4 nitrogen and oxygen atoms in total. The van der Waals surface area contributed by atoms with Crippen molar-refractivity contribution in [1.29, 1.82) is 0 Å². The highest BCUT2D eigenvalue weighted by Crippen LogP contribution is 2.19. The number of rotatable bonds is 2. The number of carbonyl (C=O) groups excluding carboxylic acids is 1. The summed E-state index contributed by atoms with van der Waals surface area (Å²) in [6, 6.07) is 8.78. The summed E-state index contributed by atoms with van der Waals surface area (Å²) in [6.45, 7) is 3.69. The number of hydrogen-bond acceptors (Lipinski definition) is 2. The van der Waals surface area contributed by atoms with Crippen LogP contribution in [0.2, 0.25) is 0 Å². The van der Waals surface area contributed by atoms with E-state index in [1.165, 1.54) is 6.07 Å². The van der Waals surface area contributed by atoms with Gasteiger partial charge in [-0.2, -0.15) is 0 Å². The topological polar surface area (TPSA) is 62.0 Å². The first-order chi connectivity index (χ1) is 8.95. The summed E-state index contributed by atoms with van der Waals surface area (Å²) < 4.78 is 0.876. The lowest BCUT2D eigenvalue weighted by molar-refractivity contribution is 0.102. The quantitative estimate of drug-likeness (QED) is 0.893. The van der Waals surface area contributed by atoms with E-state index in [2.05, 4.69) is 26.2 Å². The van der Waals surface area contributed by atoms with Crippen LogP contribution < -0.4 is 10.9 Å². The average molecular weight is 321 g/mol. The number of carbonyl (C=O) groups is 1. The fourth-order valence-corrected chi connectivity index (χ4v) is 2.37. The zero-order valence-electron chi connectivity index (χ0n) is 10.6. The summed E-state index contributed by atoms with van der Waals surface area (Å²) in [5.41, 5.74) is 2.10. The van der Waals surface area contributed by atoms with Gasteiger partial charge in [0, 0.05) is 15.9 Å². The largest absolute Gasteiger partial charge is 0.326 e. The molecule has 1 heterocycles. The Kier molecular flexibility index (Phi) is 3.85. The van der Waals surface area contributed by atoms with Crippen LogP contribution in [-0.4, -0.2) is 10.9 Å². The van der Waals surface area contributed by atoms with Crippen molar-refractivity contribution in [3.05, 3.63) is 62.0 Å². The minimum Gasteiger partial charge on any atom is -0.326 e. The highest BCUT2D eigenvalue weighted by atomic mass is 79.9. The van der Waals surface area contributed by atoms with Crippen LogP contribution in [0.25, 0.3) is 0 Å². The Labute approximate surface area is 119 Å². The maximum Gasteiger partial charge on any atom is 0.261 e. The summed E-state index contributed by atoms with van der Waals surface area (Å²) in [5, 5.41) is 2.71.